The van der Waals surface area contributed by atoms with Crippen molar-refractivity contribution in [2.75, 3.05) is 24.5 Å². The smallest absolute Gasteiger partial charge is 0.239 e. The summed E-state index contributed by atoms with van der Waals surface area (Å²) < 4.78 is 5.98. The van der Waals surface area contributed by atoms with E-state index < -0.39 is 6.04 Å². The van der Waals surface area contributed by atoms with Crippen LogP contribution in [0.5, 0.6) is 5.75 Å². The summed E-state index contributed by atoms with van der Waals surface area (Å²) >= 11 is 5.97. The van der Waals surface area contributed by atoms with Gasteiger partial charge in [0.15, 0.2) is 0 Å². The highest BCUT2D eigenvalue weighted by Crippen LogP contribution is 2.28. The number of anilines is 1. The zero-order valence-corrected chi connectivity index (χ0v) is 22.5. The SMILES string of the molecule is CCC(C)C(N)C(=O)N1CCC(N(CCC(C)C)c2ccc(OCc3ccc(Cl)cc3)cc2)CC1. The number of benzene rings is 2. The molecule has 192 valence electrons. The number of nitrogens with zero attached hydrogens (tertiary/aromatic N) is 2. The molecule has 3 rings (SSSR count). The Kier molecular flexibility index (Phi) is 10.3. The molecule has 1 saturated heterocycles. The van der Waals surface area contributed by atoms with E-state index in [-0.39, 0.29) is 11.8 Å². The summed E-state index contributed by atoms with van der Waals surface area (Å²) in [7, 11) is 0. The number of ether oxygens (including phenoxy) is 1. The molecule has 0 radical (unpaired) electrons. The van der Waals surface area contributed by atoms with E-state index in [1.54, 1.807) is 0 Å². The highest BCUT2D eigenvalue weighted by molar-refractivity contribution is 6.30. The van der Waals surface area contributed by atoms with E-state index in [1.165, 1.54) is 5.69 Å². The van der Waals surface area contributed by atoms with Crippen molar-refractivity contribution in [3.63, 3.8) is 0 Å². The quantitative estimate of drug-likeness (QED) is 0.403. The summed E-state index contributed by atoms with van der Waals surface area (Å²) in [6, 6.07) is 16.2. The van der Waals surface area contributed by atoms with Gasteiger partial charge in [0.05, 0.1) is 6.04 Å². The van der Waals surface area contributed by atoms with Crippen LogP contribution in [0.15, 0.2) is 48.5 Å². The van der Waals surface area contributed by atoms with E-state index in [4.69, 9.17) is 22.1 Å². The maximum absolute atomic E-state index is 12.8. The average Bonchev–Trinajstić information content (AvgIpc) is 2.88. The molecule has 1 aliphatic rings. The monoisotopic (exact) mass is 499 g/mol. The second-order valence-electron chi connectivity index (χ2n) is 10.3. The second kappa shape index (κ2) is 13.2. The van der Waals surface area contributed by atoms with E-state index in [2.05, 4.69) is 56.9 Å². The van der Waals surface area contributed by atoms with Crippen molar-refractivity contribution in [1.82, 2.24) is 4.90 Å². The van der Waals surface area contributed by atoms with Gasteiger partial charge < -0.3 is 20.3 Å². The van der Waals surface area contributed by atoms with Crippen LogP contribution in [0.3, 0.4) is 0 Å². The number of nitrogens with two attached hydrogens (primary N) is 1. The number of rotatable bonds is 11. The molecule has 1 amide bonds. The number of carbonyl (C=O) groups excluding carboxylic acids is 1. The highest BCUT2D eigenvalue weighted by Gasteiger charge is 2.31. The second-order valence-corrected chi connectivity index (χ2v) is 10.7. The average molecular weight is 500 g/mol. The molecule has 2 atom stereocenters. The van der Waals surface area contributed by atoms with Gasteiger partial charge in [0.1, 0.15) is 12.4 Å². The molecule has 6 heteroatoms. The van der Waals surface area contributed by atoms with Crippen molar-refractivity contribution in [3.05, 3.63) is 59.1 Å². The molecule has 0 spiro atoms. The predicted molar refractivity (Wildman–Crippen MR) is 146 cm³/mol. The number of amides is 1. The Hall–Kier alpha value is -2.24. The Morgan fingerprint density at radius 1 is 1.09 bits per heavy atom. The Morgan fingerprint density at radius 3 is 2.29 bits per heavy atom. The molecule has 2 aromatic carbocycles. The number of carbonyl (C=O) groups is 1. The fraction of sp³-hybridized carbons (Fsp3) is 0.552. The van der Waals surface area contributed by atoms with Gasteiger partial charge >= 0.3 is 0 Å². The Labute approximate surface area is 216 Å². The third kappa shape index (κ3) is 7.88. The summed E-state index contributed by atoms with van der Waals surface area (Å²) in [5, 5.41) is 0.730. The van der Waals surface area contributed by atoms with E-state index in [0.29, 0.717) is 18.6 Å². The molecule has 2 aromatic rings. The predicted octanol–water partition coefficient (Wildman–Crippen LogP) is 6.14. The fourth-order valence-electron chi connectivity index (χ4n) is 4.51. The zero-order valence-electron chi connectivity index (χ0n) is 21.8. The third-order valence-electron chi connectivity index (χ3n) is 7.19. The first-order chi connectivity index (χ1) is 16.8. The Morgan fingerprint density at radius 2 is 1.71 bits per heavy atom. The van der Waals surface area contributed by atoms with Gasteiger partial charge in [-0.1, -0.05) is 57.8 Å². The molecule has 5 nitrogen and oxygen atoms in total. The molecule has 2 unspecified atom stereocenters. The topological polar surface area (TPSA) is 58.8 Å². The fourth-order valence-corrected chi connectivity index (χ4v) is 4.63. The summed E-state index contributed by atoms with van der Waals surface area (Å²) in [5.41, 5.74) is 8.53. The molecule has 2 N–H and O–H groups in total. The van der Waals surface area contributed by atoms with Crippen LogP contribution in [-0.4, -0.2) is 42.5 Å². The first kappa shape index (κ1) is 27.3. The van der Waals surface area contributed by atoms with Crippen LogP contribution in [-0.2, 0) is 11.4 Å². The molecule has 0 aromatic heterocycles. The van der Waals surface area contributed by atoms with Gasteiger partial charge in [-0.05, 0) is 73.1 Å². The van der Waals surface area contributed by atoms with Crippen molar-refractivity contribution in [2.45, 2.75) is 72.1 Å². The Bertz CT molecular complexity index is 909. The lowest BCUT2D eigenvalue weighted by Gasteiger charge is -2.41. The third-order valence-corrected chi connectivity index (χ3v) is 7.45. The lowest BCUT2D eigenvalue weighted by atomic mass is 9.96. The van der Waals surface area contributed by atoms with Crippen molar-refractivity contribution >= 4 is 23.2 Å². The number of halogens is 1. The standard InChI is InChI=1S/C29H42ClN3O2/c1-5-22(4)28(31)29(34)32-17-15-26(16-18-32)33(19-14-21(2)3)25-10-12-27(13-11-25)35-20-23-6-8-24(30)9-7-23/h6-13,21-22,26,28H,5,14-20,31H2,1-4H3. The number of likely N-dealkylation sites (tertiary alicyclic amines) is 1. The van der Waals surface area contributed by atoms with Crippen LogP contribution in [0.2, 0.25) is 5.02 Å². The molecular weight excluding hydrogens is 458 g/mol. The van der Waals surface area contributed by atoms with Gasteiger partial charge in [-0.3, -0.25) is 4.79 Å². The van der Waals surface area contributed by atoms with Gasteiger partial charge in [-0.25, -0.2) is 0 Å². The maximum Gasteiger partial charge on any atom is 0.239 e. The molecule has 1 aliphatic heterocycles. The summed E-state index contributed by atoms with van der Waals surface area (Å²) in [5.74, 6) is 1.80. The van der Waals surface area contributed by atoms with Crippen molar-refractivity contribution in [2.24, 2.45) is 17.6 Å². The van der Waals surface area contributed by atoms with Gasteiger partial charge in [-0.2, -0.15) is 0 Å². The molecular formula is C29H42ClN3O2. The van der Waals surface area contributed by atoms with Crippen molar-refractivity contribution < 1.29 is 9.53 Å². The normalized spacial score (nSPS) is 16.3. The molecule has 0 saturated carbocycles. The van der Waals surface area contributed by atoms with Crippen molar-refractivity contribution in [3.8, 4) is 5.75 Å². The van der Waals surface area contributed by atoms with Gasteiger partial charge in [0, 0.05) is 36.4 Å². The van der Waals surface area contributed by atoms with E-state index in [1.807, 2.05) is 29.2 Å². The summed E-state index contributed by atoms with van der Waals surface area (Å²) in [4.78, 5) is 17.3. The minimum atomic E-state index is -0.394. The summed E-state index contributed by atoms with van der Waals surface area (Å²) in [6.07, 6.45) is 3.98. The molecule has 0 bridgehead atoms. The zero-order chi connectivity index (χ0) is 25.4. The van der Waals surface area contributed by atoms with Crippen LogP contribution >= 0.6 is 11.6 Å². The number of piperidine rings is 1. The van der Waals surface area contributed by atoms with E-state index >= 15 is 0 Å². The largest absolute Gasteiger partial charge is 0.489 e. The maximum atomic E-state index is 12.8. The van der Waals surface area contributed by atoms with Crippen LogP contribution in [0.25, 0.3) is 0 Å². The Balaban J connectivity index is 1.62. The molecule has 35 heavy (non-hydrogen) atoms. The van der Waals surface area contributed by atoms with Gasteiger partial charge in [0.25, 0.3) is 0 Å². The highest BCUT2D eigenvalue weighted by atomic mass is 35.5. The minimum absolute atomic E-state index is 0.105. The number of hydrogen-bond donors (Lipinski definition) is 1. The molecule has 1 heterocycles. The molecule has 0 aliphatic carbocycles. The lowest BCUT2D eigenvalue weighted by Crippen LogP contribution is -2.52. The van der Waals surface area contributed by atoms with Crippen LogP contribution in [0.1, 0.15) is 58.9 Å². The first-order valence-corrected chi connectivity index (χ1v) is 13.4. The van der Waals surface area contributed by atoms with Crippen LogP contribution in [0, 0.1) is 11.8 Å². The molecule has 1 fully saturated rings. The van der Waals surface area contributed by atoms with Gasteiger partial charge in [0.2, 0.25) is 5.91 Å². The van der Waals surface area contributed by atoms with Crippen LogP contribution < -0.4 is 15.4 Å². The lowest BCUT2D eigenvalue weighted by molar-refractivity contribution is -0.134. The minimum Gasteiger partial charge on any atom is -0.489 e. The van der Waals surface area contributed by atoms with Crippen molar-refractivity contribution in [1.29, 1.82) is 0 Å². The van der Waals surface area contributed by atoms with Gasteiger partial charge in [-0.15, -0.1) is 0 Å². The summed E-state index contributed by atoms with van der Waals surface area (Å²) in [6.45, 7) is 11.7. The van der Waals surface area contributed by atoms with Crippen LogP contribution in [0.4, 0.5) is 5.69 Å². The first-order valence-electron chi connectivity index (χ1n) is 13.1. The van der Waals surface area contributed by atoms with E-state index in [0.717, 1.165) is 61.7 Å². The van der Waals surface area contributed by atoms with E-state index in [9.17, 15) is 4.79 Å². The number of hydrogen-bond acceptors (Lipinski definition) is 4.